The summed E-state index contributed by atoms with van der Waals surface area (Å²) in [4.78, 5) is 0. The maximum Gasteiger partial charge on any atom is 0.0924 e. The van der Waals surface area contributed by atoms with Gasteiger partial charge in [-0.15, -0.1) is 0 Å². The van der Waals surface area contributed by atoms with Gasteiger partial charge in [-0.05, 0) is 0 Å². The number of rotatable bonds is 5. The lowest BCUT2D eigenvalue weighted by Crippen LogP contribution is -2.43. The lowest BCUT2D eigenvalue weighted by atomic mass is 9.94. The van der Waals surface area contributed by atoms with E-state index in [0.717, 1.165) is 0 Å². The normalized spacial score (nSPS) is 21.5. The van der Waals surface area contributed by atoms with Crippen LogP contribution in [0.25, 0.3) is 0 Å². The van der Waals surface area contributed by atoms with E-state index in [1.54, 1.807) is 0 Å². The van der Waals surface area contributed by atoms with Crippen molar-refractivity contribution in [3.8, 4) is 0 Å². The van der Waals surface area contributed by atoms with Crippen LogP contribution in [0.3, 0.4) is 0 Å². The maximum atomic E-state index is 9.29. The zero-order valence-electron chi connectivity index (χ0n) is 7.09. The molecule has 0 saturated carbocycles. The Labute approximate surface area is 71.4 Å². The van der Waals surface area contributed by atoms with Gasteiger partial charge >= 0.3 is 0 Å². The smallest absolute Gasteiger partial charge is 0.0924 e. The Hall–Kier alpha value is -0.200. The van der Waals surface area contributed by atoms with Gasteiger partial charge in [0.15, 0.2) is 0 Å². The van der Waals surface area contributed by atoms with E-state index >= 15 is 0 Å². The Morgan fingerprint density at radius 2 is 1.67 bits per heavy atom. The van der Waals surface area contributed by atoms with Crippen LogP contribution in [-0.4, -0.2) is 51.9 Å². The van der Waals surface area contributed by atoms with E-state index in [2.05, 4.69) is 0 Å². The van der Waals surface area contributed by atoms with Crippen molar-refractivity contribution in [3.05, 3.63) is 0 Å². The minimum absolute atomic E-state index is 0.0658. The molecule has 0 saturated heterocycles. The van der Waals surface area contributed by atoms with Crippen molar-refractivity contribution in [2.75, 3.05) is 13.2 Å². The van der Waals surface area contributed by atoms with Crippen LogP contribution in [0, 0.1) is 5.92 Å². The molecule has 0 bridgehead atoms. The maximum absolute atomic E-state index is 9.29. The van der Waals surface area contributed by atoms with Crippen molar-refractivity contribution in [1.29, 1.82) is 0 Å². The molecule has 0 aromatic heterocycles. The molecule has 0 aromatic carbocycles. The van der Waals surface area contributed by atoms with Crippen LogP contribution in [0.5, 0.6) is 0 Å². The highest BCUT2D eigenvalue weighted by atomic mass is 16.3. The lowest BCUT2D eigenvalue weighted by molar-refractivity contribution is -0.0601. The lowest BCUT2D eigenvalue weighted by Gasteiger charge is -2.25. The van der Waals surface area contributed by atoms with Gasteiger partial charge in [0.2, 0.25) is 0 Å². The first-order valence-corrected chi connectivity index (χ1v) is 3.89. The zero-order valence-corrected chi connectivity index (χ0v) is 7.09. The Balaban J connectivity index is 3.99. The number of aliphatic hydroxyl groups excluding tert-OH is 4. The summed E-state index contributed by atoms with van der Waals surface area (Å²) in [5, 5.41) is 36.0. The van der Waals surface area contributed by atoms with Gasteiger partial charge in [-0.2, -0.15) is 0 Å². The van der Waals surface area contributed by atoms with Crippen molar-refractivity contribution in [2.45, 2.75) is 25.2 Å². The first-order chi connectivity index (χ1) is 5.54. The molecule has 74 valence electrons. The summed E-state index contributed by atoms with van der Waals surface area (Å²) in [6, 6.07) is 0. The number of aliphatic hydroxyl groups is 4. The molecule has 5 nitrogen and oxygen atoms in total. The fourth-order valence-electron chi connectivity index (χ4n) is 0.884. The molecule has 0 spiro atoms. The SMILES string of the molecule is CC(C(O)CO)[C@@H](O)[C@H](O)CN. The van der Waals surface area contributed by atoms with Crippen LogP contribution < -0.4 is 5.73 Å². The van der Waals surface area contributed by atoms with Crippen molar-refractivity contribution in [3.63, 3.8) is 0 Å². The van der Waals surface area contributed by atoms with Crippen LogP contribution in [0.15, 0.2) is 0 Å². The number of hydrogen-bond acceptors (Lipinski definition) is 5. The fraction of sp³-hybridized carbons (Fsp3) is 1.00. The Morgan fingerprint density at radius 3 is 2.00 bits per heavy atom. The molecule has 0 aromatic rings. The van der Waals surface area contributed by atoms with Gasteiger partial charge in [0.25, 0.3) is 0 Å². The predicted molar refractivity (Wildman–Crippen MR) is 43.3 cm³/mol. The summed E-state index contributed by atoms with van der Waals surface area (Å²) in [6.07, 6.45) is -3.18. The van der Waals surface area contributed by atoms with Crippen LogP contribution in [0.1, 0.15) is 6.92 Å². The quantitative estimate of drug-likeness (QED) is 0.325. The monoisotopic (exact) mass is 179 g/mol. The Bertz CT molecular complexity index is 108. The molecule has 5 heteroatoms. The molecule has 6 N–H and O–H groups in total. The van der Waals surface area contributed by atoms with Gasteiger partial charge < -0.3 is 26.2 Å². The van der Waals surface area contributed by atoms with Gasteiger partial charge in [-0.1, -0.05) is 6.92 Å². The van der Waals surface area contributed by atoms with E-state index in [1.807, 2.05) is 0 Å². The third kappa shape index (κ3) is 3.04. The molecular weight excluding hydrogens is 162 g/mol. The molecule has 0 rings (SSSR count). The third-order valence-electron chi connectivity index (χ3n) is 1.97. The van der Waals surface area contributed by atoms with Crippen LogP contribution in [0.2, 0.25) is 0 Å². The van der Waals surface area contributed by atoms with Crippen molar-refractivity contribution < 1.29 is 20.4 Å². The van der Waals surface area contributed by atoms with Gasteiger partial charge in [0.1, 0.15) is 0 Å². The highest BCUT2D eigenvalue weighted by molar-refractivity contribution is 4.78. The molecule has 0 aliphatic heterocycles. The van der Waals surface area contributed by atoms with Gasteiger partial charge in [-0.3, -0.25) is 0 Å². The van der Waals surface area contributed by atoms with Crippen molar-refractivity contribution >= 4 is 0 Å². The van der Waals surface area contributed by atoms with Crippen molar-refractivity contribution in [1.82, 2.24) is 0 Å². The highest BCUT2D eigenvalue weighted by Crippen LogP contribution is 2.11. The van der Waals surface area contributed by atoms with Crippen LogP contribution in [-0.2, 0) is 0 Å². The topological polar surface area (TPSA) is 107 Å². The molecule has 4 atom stereocenters. The molecule has 0 amide bonds. The molecule has 0 heterocycles. The van der Waals surface area contributed by atoms with Crippen molar-refractivity contribution in [2.24, 2.45) is 11.7 Å². The largest absolute Gasteiger partial charge is 0.394 e. The van der Waals surface area contributed by atoms with E-state index in [9.17, 15) is 5.11 Å². The van der Waals surface area contributed by atoms with Crippen LogP contribution in [0.4, 0.5) is 0 Å². The second-order valence-electron chi connectivity index (χ2n) is 2.90. The van der Waals surface area contributed by atoms with E-state index < -0.39 is 30.8 Å². The minimum Gasteiger partial charge on any atom is -0.394 e. The van der Waals surface area contributed by atoms with E-state index in [-0.39, 0.29) is 6.54 Å². The summed E-state index contributed by atoms with van der Waals surface area (Å²) in [5.74, 6) is -0.589. The summed E-state index contributed by atoms with van der Waals surface area (Å²) < 4.78 is 0. The number of nitrogens with two attached hydrogens (primary N) is 1. The average Bonchev–Trinajstić information content (AvgIpc) is 2.12. The summed E-state index contributed by atoms with van der Waals surface area (Å²) >= 11 is 0. The first kappa shape index (κ1) is 11.8. The molecule has 0 aliphatic rings. The Morgan fingerprint density at radius 1 is 1.17 bits per heavy atom. The Kier molecular flexibility index (Phi) is 5.36. The zero-order chi connectivity index (χ0) is 9.72. The minimum atomic E-state index is -1.10. The third-order valence-corrected chi connectivity index (χ3v) is 1.97. The van der Waals surface area contributed by atoms with E-state index in [1.165, 1.54) is 6.92 Å². The molecule has 2 unspecified atom stereocenters. The second kappa shape index (κ2) is 5.45. The van der Waals surface area contributed by atoms with E-state index in [4.69, 9.17) is 21.1 Å². The molecule has 0 aliphatic carbocycles. The average molecular weight is 179 g/mol. The summed E-state index contributed by atoms with van der Waals surface area (Å²) in [6.45, 7) is 1.03. The first-order valence-electron chi connectivity index (χ1n) is 3.89. The number of hydrogen-bond donors (Lipinski definition) is 5. The highest BCUT2D eigenvalue weighted by Gasteiger charge is 2.26. The van der Waals surface area contributed by atoms with Gasteiger partial charge in [-0.25, -0.2) is 0 Å². The summed E-state index contributed by atoms with van der Waals surface area (Å²) in [5.41, 5.74) is 5.10. The standard InChI is InChI=1S/C7H17NO4/c1-4(6(11)3-9)7(12)5(10)2-8/h4-7,9-12H,2-3,8H2,1H3/t4?,5-,6?,7-/m1/s1. The molecule has 12 heavy (non-hydrogen) atoms. The second-order valence-corrected chi connectivity index (χ2v) is 2.90. The predicted octanol–water partition coefficient (Wildman–Crippen LogP) is -2.34. The van der Waals surface area contributed by atoms with Crippen LogP contribution >= 0.6 is 0 Å². The van der Waals surface area contributed by atoms with Gasteiger partial charge in [0.05, 0.1) is 24.9 Å². The van der Waals surface area contributed by atoms with E-state index in [0.29, 0.717) is 0 Å². The fourth-order valence-corrected chi connectivity index (χ4v) is 0.884. The molecule has 0 radical (unpaired) electrons. The summed E-state index contributed by atoms with van der Waals surface area (Å²) in [7, 11) is 0. The van der Waals surface area contributed by atoms with Gasteiger partial charge in [0, 0.05) is 12.5 Å². The molecular formula is C7H17NO4. The molecule has 0 fully saturated rings.